The summed E-state index contributed by atoms with van der Waals surface area (Å²) in [4.78, 5) is 24.4. The molecule has 0 aliphatic rings. The van der Waals surface area contributed by atoms with E-state index in [1.165, 1.54) is 54.6 Å². The van der Waals surface area contributed by atoms with Gasteiger partial charge in [-0.05, 0) is 89.8 Å². The van der Waals surface area contributed by atoms with Gasteiger partial charge in [-0.2, -0.15) is 31.8 Å². The van der Waals surface area contributed by atoms with E-state index in [1.807, 2.05) is 0 Å². The summed E-state index contributed by atoms with van der Waals surface area (Å²) in [5.41, 5.74) is -0.258. The molecule has 0 radical (unpaired) electrons. The van der Waals surface area contributed by atoms with Crippen LogP contribution in [0.5, 0.6) is 5.75 Å². The van der Waals surface area contributed by atoms with Crippen LogP contribution in [0.1, 0.15) is 16.1 Å². The van der Waals surface area contributed by atoms with Crippen LogP contribution in [0.2, 0.25) is 5.28 Å². The summed E-state index contributed by atoms with van der Waals surface area (Å²) < 4.78 is 76.7. The van der Waals surface area contributed by atoms with Crippen molar-refractivity contribution in [3.63, 3.8) is 0 Å². The van der Waals surface area contributed by atoms with Crippen LogP contribution in [0, 0.1) is 0 Å². The molecule has 0 aliphatic carbocycles. The van der Waals surface area contributed by atoms with Crippen molar-refractivity contribution in [1.29, 1.82) is 0 Å². The van der Waals surface area contributed by atoms with Crippen LogP contribution in [0.25, 0.3) is 10.8 Å². The van der Waals surface area contributed by atoms with Crippen molar-refractivity contribution in [3.8, 4) is 5.75 Å². The molecule has 31 heteroatoms. The fraction of sp³-hybridized carbons (Fsp3) is 0. The third-order valence-electron chi connectivity index (χ3n) is 7.49. The number of carbonyl (C=O) groups excluding carboxylic acids is 1. The molecule has 5 aromatic carbocycles. The van der Waals surface area contributed by atoms with E-state index in [-0.39, 0.29) is 189 Å². The Kier molecular flexibility index (Phi) is 23.8. The quantitative estimate of drug-likeness (QED) is 0.0116. The van der Waals surface area contributed by atoms with Gasteiger partial charge >= 0.3 is 118 Å². The van der Waals surface area contributed by atoms with Gasteiger partial charge in [-0.1, -0.05) is 28.3 Å². The normalized spacial score (nSPS) is 11.1. The summed E-state index contributed by atoms with van der Waals surface area (Å²) in [6.45, 7) is 0. The fourth-order valence-electron chi connectivity index (χ4n) is 5.07. The van der Waals surface area contributed by atoms with Crippen LogP contribution in [-0.2, 0) is 39.0 Å². The van der Waals surface area contributed by atoms with E-state index < -0.39 is 42.5 Å². The first-order valence-electron chi connectivity index (χ1n) is 15.7. The smallest absolute Gasteiger partial charge is 1.00 e. The number of amides is 1. The minimum absolute atomic E-state index is 0. The van der Waals surface area contributed by atoms with Crippen LogP contribution >= 0.6 is 35.7 Å². The molecule has 1 aromatic heterocycles. The first kappa shape index (κ1) is 57.5. The van der Waals surface area contributed by atoms with E-state index in [9.17, 15) is 35.8 Å². The topological polar surface area (TPSA) is 323 Å². The molecular weight excluding hydrogens is 976 g/mol. The Morgan fingerprint density at radius 2 is 1.33 bits per heavy atom. The Balaban J connectivity index is -0.00000512. The summed E-state index contributed by atoms with van der Waals surface area (Å²) in [6, 6.07) is 20.6. The number of phenolic OH excluding ortho intramolecular Hbond substituents is 1. The summed E-state index contributed by atoms with van der Waals surface area (Å²) in [5, 5.41) is 52.3. The van der Waals surface area contributed by atoms with E-state index in [0.717, 1.165) is 18.2 Å². The second-order valence-electron chi connectivity index (χ2n) is 11.3. The standard InChI is InChI=1S/C32H23ClN8O14S4.4Na.4H/c33-30-37-31(34-18-6-9-21(10-7-18)58(46,47)48)39-32(38-30)35-19-8-11-24(57-55-53-45)22(14-19)40-41-27-25(59(49,50)51)13-17-12-20(56-54-52-44)15-23(26(17)28(27)42)36-29(43)16-4-2-1-3-5-16;;;;;;;;/h1-15,42,44-45H,(H,36,43)(H,46,47,48)(H,49,50,51)(H2,34,35,37,38,39);;;;;;;;/q;4*+1;4*-1. The van der Waals surface area contributed by atoms with Crippen molar-refractivity contribution in [3.05, 3.63) is 102 Å². The zero-order valence-corrected chi connectivity index (χ0v) is 44.8. The molecule has 0 atom stereocenters. The zero-order valence-electron chi connectivity index (χ0n) is 36.8. The maximum Gasteiger partial charge on any atom is 1.00 e. The Morgan fingerprint density at radius 1 is 0.730 bits per heavy atom. The summed E-state index contributed by atoms with van der Waals surface area (Å²) in [6.07, 6.45) is 0. The molecule has 6 aromatic rings. The van der Waals surface area contributed by atoms with E-state index in [1.54, 1.807) is 18.2 Å². The predicted octanol–water partition coefficient (Wildman–Crippen LogP) is -3.65. The fourth-order valence-corrected chi connectivity index (χ4v) is 7.23. The predicted molar refractivity (Wildman–Crippen MR) is 214 cm³/mol. The number of carbonyl (C=O) groups is 1. The average molecular weight is 1000 g/mol. The van der Waals surface area contributed by atoms with E-state index >= 15 is 0 Å². The molecule has 0 saturated carbocycles. The van der Waals surface area contributed by atoms with Crippen LogP contribution in [0.4, 0.5) is 40.3 Å². The molecule has 0 fully saturated rings. The van der Waals surface area contributed by atoms with Gasteiger partial charge in [-0.3, -0.25) is 13.9 Å². The maximum absolute atomic E-state index is 13.2. The molecule has 63 heavy (non-hydrogen) atoms. The van der Waals surface area contributed by atoms with E-state index in [4.69, 9.17) is 22.1 Å². The van der Waals surface area contributed by atoms with Gasteiger partial charge in [0.2, 0.25) is 17.2 Å². The number of halogens is 1. The molecule has 0 unspecified atom stereocenters. The Morgan fingerprint density at radius 3 is 1.94 bits per heavy atom. The van der Waals surface area contributed by atoms with Crippen molar-refractivity contribution in [2.24, 2.45) is 10.2 Å². The largest absolute Gasteiger partial charge is 1.00 e. The summed E-state index contributed by atoms with van der Waals surface area (Å²) in [5.74, 6) is -1.70. The second-order valence-corrected chi connectivity index (χ2v) is 15.9. The van der Waals surface area contributed by atoms with Gasteiger partial charge in [0.25, 0.3) is 26.1 Å². The maximum atomic E-state index is 13.2. The van der Waals surface area contributed by atoms with Crippen LogP contribution < -0.4 is 134 Å². The number of benzene rings is 5. The van der Waals surface area contributed by atoms with Crippen LogP contribution in [0.3, 0.4) is 0 Å². The molecule has 0 spiro atoms. The minimum Gasteiger partial charge on any atom is -1.00 e. The number of aromatic hydroxyl groups is 1. The number of anilines is 5. The first-order chi connectivity index (χ1) is 28.1. The number of aromatic nitrogens is 3. The zero-order chi connectivity index (χ0) is 42.3. The van der Waals surface area contributed by atoms with Crippen molar-refractivity contribution in [2.75, 3.05) is 16.0 Å². The van der Waals surface area contributed by atoms with E-state index in [0.29, 0.717) is 29.8 Å². The third-order valence-corrected chi connectivity index (χ3v) is 10.6. The molecule has 0 saturated heterocycles. The second kappa shape index (κ2) is 26.1. The van der Waals surface area contributed by atoms with Gasteiger partial charge in [0.05, 0.1) is 39.6 Å². The molecule has 8 N–H and O–H groups in total. The number of hydrogen-bond donors (Lipinski definition) is 8. The number of hydrogen-bond acceptors (Lipinski definition) is 21. The number of nitrogens with zero attached hydrogens (tertiary/aromatic N) is 5. The van der Waals surface area contributed by atoms with Gasteiger partial charge in [-0.25, -0.2) is 10.5 Å². The molecule has 22 nitrogen and oxygen atoms in total. The number of nitrogens with one attached hydrogen (secondary N) is 3. The van der Waals surface area contributed by atoms with Gasteiger partial charge in [0, 0.05) is 27.2 Å². The van der Waals surface area contributed by atoms with Crippen molar-refractivity contribution in [1.82, 2.24) is 15.0 Å². The van der Waals surface area contributed by atoms with Crippen LogP contribution in [-0.4, -0.2) is 62.4 Å². The van der Waals surface area contributed by atoms with Crippen LogP contribution in [0.15, 0.2) is 121 Å². The number of azo groups is 1. The minimum atomic E-state index is -5.15. The molecule has 0 aliphatic heterocycles. The average Bonchev–Trinajstić information content (AvgIpc) is 3.18. The Bertz CT molecular complexity index is 2840. The number of phenols is 1. The molecule has 1 heterocycles. The number of fused-ring (bicyclic) bond motifs is 1. The van der Waals surface area contributed by atoms with Crippen molar-refractivity contribution in [2.45, 2.75) is 19.6 Å². The first-order valence-corrected chi connectivity index (χ1v) is 20.4. The molecule has 6 rings (SSSR count). The Labute approximate surface area is 464 Å². The monoisotopic (exact) mass is 1000 g/mol. The number of rotatable bonds is 16. The van der Waals surface area contributed by atoms with Gasteiger partial charge in [0.1, 0.15) is 16.3 Å². The van der Waals surface area contributed by atoms with Crippen molar-refractivity contribution < 1.29 is 189 Å². The van der Waals surface area contributed by atoms with Gasteiger partial charge < -0.3 is 26.8 Å². The molecule has 0 bridgehead atoms. The van der Waals surface area contributed by atoms with Gasteiger partial charge in [0.15, 0.2) is 5.75 Å². The SMILES string of the molecule is O=C(Nc1cc(SOOO)cc2cc(S(=O)(=O)O)c(N=Nc3cc(Nc4nc(Cl)nc(Nc5ccc(S(=O)(=O)O)cc5)n4)ccc3SOOO)c(O)c12)c1ccccc1.[H-].[H-].[H-].[H-].[Na+].[Na+].[Na+].[Na+]. The van der Waals surface area contributed by atoms with Crippen molar-refractivity contribution >= 4 is 113 Å². The third kappa shape index (κ3) is 15.7. The molecular formula is C32H27ClN8Na4O14S4. The Hall–Kier alpha value is -1.59. The van der Waals surface area contributed by atoms with E-state index in [2.05, 4.69) is 59.9 Å². The van der Waals surface area contributed by atoms with Gasteiger partial charge in [-0.15, -0.1) is 18.9 Å². The molecule has 314 valence electrons. The molecule has 1 amide bonds. The summed E-state index contributed by atoms with van der Waals surface area (Å²) in [7, 11) is -9.58. The summed E-state index contributed by atoms with van der Waals surface area (Å²) >= 11 is 7.02.